The van der Waals surface area contributed by atoms with Gasteiger partial charge in [-0.3, -0.25) is 0 Å². The molecule has 3 heterocycles. The summed E-state index contributed by atoms with van der Waals surface area (Å²) in [6, 6.07) is 6.52. The van der Waals surface area contributed by atoms with E-state index in [9.17, 15) is 0 Å². The molecule has 1 saturated heterocycles. The first kappa shape index (κ1) is 12.0. The topological polar surface area (TPSA) is 65.6 Å². The van der Waals surface area contributed by atoms with Crippen LogP contribution in [0.5, 0.6) is 0 Å². The van der Waals surface area contributed by atoms with Crippen LogP contribution in [0.1, 0.15) is 5.69 Å². The SMILES string of the molecule is OCc1coc(N2CCN(c3ccccn3)CC2)n1. The summed E-state index contributed by atoms with van der Waals surface area (Å²) in [7, 11) is 0. The van der Waals surface area contributed by atoms with Gasteiger partial charge in [0.25, 0.3) is 6.01 Å². The predicted molar refractivity (Wildman–Crippen MR) is 71.1 cm³/mol. The van der Waals surface area contributed by atoms with Gasteiger partial charge in [-0.05, 0) is 12.1 Å². The quantitative estimate of drug-likeness (QED) is 0.884. The van der Waals surface area contributed by atoms with Gasteiger partial charge in [0, 0.05) is 32.4 Å². The largest absolute Gasteiger partial charge is 0.432 e. The van der Waals surface area contributed by atoms with Crippen LogP contribution >= 0.6 is 0 Å². The lowest BCUT2D eigenvalue weighted by molar-refractivity contribution is 0.276. The molecule has 6 nitrogen and oxygen atoms in total. The Morgan fingerprint density at radius 3 is 2.58 bits per heavy atom. The van der Waals surface area contributed by atoms with Crippen molar-refractivity contribution in [3.05, 3.63) is 36.4 Å². The average Bonchev–Trinajstić information content (AvgIpc) is 2.97. The lowest BCUT2D eigenvalue weighted by Gasteiger charge is -2.34. The van der Waals surface area contributed by atoms with Gasteiger partial charge in [-0.15, -0.1) is 0 Å². The normalized spacial score (nSPS) is 15.8. The van der Waals surface area contributed by atoms with Gasteiger partial charge in [-0.2, -0.15) is 4.98 Å². The van der Waals surface area contributed by atoms with Crippen LogP contribution in [-0.4, -0.2) is 41.3 Å². The van der Waals surface area contributed by atoms with Crippen LogP contribution in [0.4, 0.5) is 11.8 Å². The highest BCUT2D eigenvalue weighted by atomic mass is 16.4. The maximum Gasteiger partial charge on any atom is 0.297 e. The molecule has 6 heteroatoms. The van der Waals surface area contributed by atoms with Crippen LogP contribution < -0.4 is 9.80 Å². The van der Waals surface area contributed by atoms with Crippen LogP contribution in [-0.2, 0) is 6.61 Å². The van der Waals surface area contributed by atoms with Gasteiger partial charge in [0.1, 0.15) is 17.8 Å². The minimum Gasteiger partial charge on any atom is -0.432 e. The monoisotopic (exact) mass is 260 g/mol. The van der Waals surface area contributed by atoms with E-state index < -0.39 is 0 Å². The van der Waals surface area contributed by atoms with Crippen LogP contribution in [0.15, 0.2) is 35.1 Å². The summed E-state index contributed by atoms with van der Waals surface area (Å²) < 4.78 is 5.36. The molecule has 0 unspecified atom stereocenters. The van der Waals surface area contributed by atoms with Crippen molar-refractivity contribution >= 4 is 11.8 Å². The molecule has 1 N–H and O–H groups in total. The summed E-state index contributed by atoms with van der Waals surface area (Å²) in [6.07, 6.45) is 3.31. The molecule has 2 aromatic rings. The van der Waals surface area contributed by atoms with E-state index in [0.29, 0.717) is 11.7 Å². The first-order chi connectivity index (χ1) is 9.36. The van der Waals surface area contributed by atoms with Crippen molar-refractivity contribution in [1.82, 2.24) is 9.97 Å². The van der Waals surface area contributed by atoms with Crippen molar-refractivity contribution in [2.24, 2.45) is 0 Å². The molecule has 0 bridgehead atoms. The molecule has 0 aliphatic carbocycles. The third-order valence-electron chi connectivity index (χ3n) is 3.23. The van der Waals surface area contributed by atoms with E-state index in [1.807, 2.05) is 24.4 Å². The van der Waals surface area contributed by atoms with Gasteiger partial charge in [0.2, 0.25) is 0 Å². The molecule has 2 aromatic heterocycles. The van der Waals surface area contributed by atoms with E-state index in [1.54, 1.807) is 0 Å². The fraction of sp³-hybridized carbons (Fsp3) is 0.385. The molecule has 0 aromatic carbocycles. The van der Waals surface area contributed by atoms with E-state index in [4.69, 9.17) is 9.52 Å². The number of oxazole rings is 1. The summed E-state index contributed by atoms with van der Waals surface area (Å²) in [5.41, 5.74) is 0.571. The van der Waals surface area contributed by atoms with Crippen LogP contribution in [0.2, 0.25) is 0 Å². The lowest BCUT2D eigenvalue weighted by atomic mass is 10.3. The van der Waals surface area contributed by atoms with Gasteiger partial charge >= 0.3 is 0 Å². The Morgan fingerprint density at radius 1 is 1.16 bits per heavy atom. The summed E-state index contributed by atoms with van der Waals surface area (Å²) >= 11 is 0. The highest BCUT2D eigenvalue weighted by Gasteiger charge is 2.21. The Bertz CT molecular complexity index is 520. The van der Waals surface area contributed by atoms with Crippen LogP contribution in [0.3, 0.4) is 0 Å². The van der Waals surface area contributed by atoms with E-state index in [0.717, 1.165) is 32.0 Å². The Kier molecular flexibility index (Phi) is 3.33. The molecule has 1 fully saturated rings. The maximum absolute atomic E-state index is 8.98. The first-order valence-electron chi connectivity index (χ1n) is 6.33. The molecule has 19 heavy (non-hydrogen) atoms. The number of hydrogen-bond acceptors (Lipinski definition) is 6. The second-order valence-electron chi connectivity index (χ2n) is 4.44. The number of anilines is 2. The summed E-state index contributed by atoms with van der Waals surface area (Å²) in [5.74, 6) is 1.01. The van der Waals surface area contributed by atoms with Crippen molar-refractivity contribution in [2.45, 2.75) is 6.61 Å². The third-order valence-corrected chi connectivity index (χ3v) is 3.23. The predicted octanol–water partition coefficient (Wildman–Crippen LogP) is 0.888. The third kappa shape index (κ3) is 2.53. The second-order valence-corrected chi connectivity index (χ2v) is 4.44. The fourth-order valence-corrected chi connectivity index (χ4v) is 2.18. The minimum atomic E-state index is -0.0859. The van der Waals surface area contributed by atoms with Crippen LogP contribution in [0, 0.1) is 0 Å². The van der Waals surface area contributed by atoms with Crippen molar-refractivity contribution in [1.29, 1.82) is 0 Å². The molecule has 3 rings (SSSR count). The molecule has 100 valence electrons. The van der Waals surface area contributed by atoms with Crippen molar-refractivity contribution in [2.75, 3.05) is 36.0 Å². The minimum absolute atomic E-state index is 0.0859. The smallest absolute Gasteiger partial charge is 0.297 e. The summed E-state index contributed by atoms with van der Waals surface area (Å²) in [4.78, 5) is 12.9. The van der Waals surface area contributed by atoms with Gasteiger partial charge in [-0.25, -0.2) is 4.98 Å². The lowest BCUT2D eigenvalue weighted by Crippen LogP contribution is -2.47. The van der Waals surface area contributed by atoms with Gasteiger partial charge < -0.3 is 19.3 Å². The van der Waals surface area contributed by atoms with Crippen molar-refractivity contribution < 1.29 is 9.52 Å². The van der Waals surface area contributed by atoms with Crippen molar-refractivity contribution in [3.63, 3.8) is 0 Å². The van der Waals surface area contributed by atoms with E-state index >= 15 is 0 Å². The molecular weight excluding hydrogens is 244 g/mol. The molecule has 0 spiro atoms. The van der Waals surface area contributed by atoms with Gasteiger partial charge in [-0.1, -0.05) is 6.07 Å². The molecule has 0 amide bonds. The molecular formula is C13H16N4O2. The van der Waals surface area contributed by atoms with Crippen LogP contribution in [0.25, 0.3) is 0 Å². The maximum atomic E-state index is 8.98. The highest BCUT2D eigenvalue weighted by Crippen LogP contribution is 2.18. The number of aromatic nitrogens is 2. The number of aliphatic hydroxyl groups excluding tert-OH is 1. The Morgan fingerprint density at radius 2 is 1.95 bits per heavy atom. The molecule has 0 radical (unpaired) electrons. The van der Waals surface area contributed by atoms with E-state index in [1.165, 1.54) is 6.26 Å². The Labute approximate surface area is 111 Å². The highest BCUT2D eigenvalue weighted by molar-refractivity contribution is 5.41. The second kappa shape index (κ2) is 5.27. The standard InChI is InChI=1S/C13H16N4O2/c18-9-11-10-19-13(15-11)17-7-5-16(6-8-17)12-3-1-2-4-14-12/h1-4,10,18H,5-9H2. The number of pyridine rings is 1. The first-order valence-corrected chi connectivity index (χ1v) is 6.33. The van der Waals surface area contributed by atoms with Gasteiger partial charge in [0.05, 0.1) is 6.61 Å². The fourth-order valence-electron chi connectivity index (χ4n) is 2.18. The Balaban J connectivity index is 1.63. The van der Waals surface area contributed by atoms with E-state index in [2.05, 4.69) is 19.8 Å². The number of piperazine rings is 1. The number of aliphatic hydroxyl groups is 1. The average molecular weight is 260 g/mol. The molecule has 0 saturated carbocycles. The summed E-state index contributed by atoms with van der Waals surface area (Å²) in [5, 5.41) is 8.98. The molecule has 0 atom stereocenters. The zero-order valence-corrected chi connectivity index (χ0v) is 10.6. The molecule has 1 aliphatic rings. The van der Waals surface area contributed by atoms with Gasteiger partial charge in [0.15, 0.2) is 0 Å². The summed E-state index contributed by atoms with van der Waals surface area (Å²) in [6.45, 7) is 3.35. The number of hydrogen-bond donors (Lipinski definition) is 1. The molecule has 1 aliphatic heterocycles. The van der Waals surface area contributed by atoms with Crippen molar-refractivity contribution in [3.8, 4) is 0 Å². The number of rotatable bonds is 3. The van der Waals surface area contributed by atoms with E-state index in [-0.39, 0.29) is 6.61 Å². The zero-order valence-electron chi connectivity index (χ0n) is 10.6. The Hall–Kier alpha value is -2.08. The zero-order chi connectivity index (χ0) is 13.1. The number of nitrogens with zero attached hydrogens (tertiary/aromatic N) is 4.